The monoisotopic (exact) mass is 271 g/mol. The third-order valence-electron chi connectivity index (χ3n) is 2.34. The van der Waals surface area contributed by atoms with E-state index >= 15 is 0 Å². The highest BCUT2D eigenvalue weighted by Gasteiger charge is 2.13. The number of nitrogens with zero attached hydrogens (tertiary/aromatic N) is 4. The first-order chi connectivity index (χ1) is 7.27. The minimum Gasteiger partial charge on any atom is -0.338 e. The van der Waals surface area contributed by atoms with Gasteiger partial charge in [0.05, 0.1) is 16.1 Å². The second kappa shape index (κ2) is 4.76. The van der Waals surface area contributed by atoms with Gasteiger partial charge < -0.3 is 10.2 Å². The van der Waals surface area contributed by atoms with Crippen LogP contribution in [-0.2, 0) is 0 Å². The molecule has 0 radical (unpaired) electrons. The second-order valence-electron chi connectivity index (χ2n) is 3.43. The van der Waals surface area contributed by atoms with Gasteiger partial charge in [0.1, 0.15) is 5.82 Å². The Labute approximate surface area is 97.8 Å². The lowest BCUT2D eigenvalue weighted by atomic mass is 10.4. The minimum absolute atomic E-state index is 0.806. The summed E-state index contributed by atoms with van der Waals surface area (Å²) in [6.45, 7) is 3.93. The number of aromatic nitrogens is 2. The summed E-state index contributed by atoms with van der Waals surface area (Å²) in [4.78, 5) is 10.9. The topological polar surface area (TPSA) is 44.3 Å². The number of halogens is 1. The van der Waals surface area contributed by atoms with Crippen molar-refractivity contribution in [3.8, 4) is 0 Å². The van der Waals surface area contributed by atoms with E-state index in [1.807, 2.05) is 13.1 Å². The summed E-state index contributed by atoms with van der Waals surface area (Å²) < 4.78 is 1.81. The fraction of sp³-hybridized carbons (Fsp3) is 0.556. The van der Waals surface area contributed by atoms with Gasteiger partial charge in [-0.1, -0.05) is 0 Å². The fourth-order valence-corrected chi connectivity index (χ4v) is 1.73. The summed E-state index contributed by atoms with van der Waals surface area (Å²) in [6.07, 6.45) is 1.79. The molecule has 0 aromatic carbocycles. The lowest BCUT2D eigenvalue weighted by molar-refractivity contribution is 0.580. The first-order valence-corrected chi connectivity index (χ1v) is 5.66. The lowest BCUT2D eigenvalue weighted by Crippen LogP contribution is -2.44. The van der Waals surface area contributed by atoms with E-state index in [2.05, 4.69) is 36.3 Å². The Morgan fingerprint density at radius 2 is 2.20 bits per heavy atom. The third-order valence-corrected chi connectivity index (χ3v) is 2.71. The second-order valence-corrected chi connectivity index (χ2v) is 4.49. The van der Waals surface area contributed by atoms with E-state index < -0.39 is 0 Å². The number of hydrogen-bond acceptors (Lipinski definition) is 5. The van der Waals surface area contributed by atoms with E-state index in [1.165, 1.54) is 0 Å². The zero-order valence-corrected chi connectivity index (χ0v) is 10.2. The molecule has 0 spiro atoms. The molecule has 15 heavy (non-hydrogen) atoms. The van der Waals surface area contributed by atoms with Crippen LogP contribution in [0.15, 0.2) is 12.3 Å². The van der Waals surface area contributed by atoms with Gasteiger partial charge in [0, 0.05) is 45.5 Å². The van der Waals surface area contributed by atoms with Crippen LogP contribution in [0.5, 0.6) is 0 Å². The van der Waals surface area contributed by atoms with Crippen molar-refractivity contribution in [3.63, 3.8) is 0 Å². The molecular weight excluding hydrogens is 258 g/mol. The predicted molar refractivity (Wildman–Crippen MR) is 64.4 cm³/mol. The maximum Gasteiger partial charge on any atom is 0.227 e. The van der Waals surface area contributed by atoms with Crippen LogP contribution in [0.1, 0.15) is 0 Å². The van der Waals surface area contributed by atoms with Crippen molar-refractivity contribution in [2.75, 3.05) is 42.1 Å². The molecule has 82 valence electrons. The van der Waals surface area contributed by atoms with Gasteiger partial charge in [0.2, 0.25) is 5.95 Å². The van der Waals surface area contributed by atoms with E-state index in [-0.39, 0.29) is 0 Å². The molecule has 0 unspecified atom stereocenters. The van der Waals surface area contributed by atoms with Crippen LogP contribution in [0.3, 0.4) is 0 Å². The quantitative estimate of drug-likeness (QED) is 0.800. The molecule has 1 aromatic rings. The van der Waals surface area contributed by atoms with E-state index in [0.29, 0.717) is 0 Å². The van der Waals surface area contributed by atoms with Crippen LogP contribution in [-0.4, -0.2) is 43.2 Å². The molecule has 2 rings (SSSR count). The molecule has 1 fully saturated rings. The third kappa shape index (κ3) is 2.57. The van der Waals surface area contributed by atoms with Crippen LogP contribution >= 0.6 is 16.1 Å². The van der Waals surface area contributed by atoms with Crippen LogP contribution < -0.4 is 14.1 Å². The van der Waals surface area contributed by atoms with Crippen LogP contribution in [0.4, 0.5) is 11.8 Å². The van der Waals surface area contributed by atoms with Gasteiger partial charge >= 0.3 is 0 Å². The smallest absolute Gasteiger partial charge is 0.227 e. The van der Waals surface area contributed by atoms with E-state index in [4.69, 9.17) is 0 Å². The van der Waals surface area contributed by atoms with Crippen LogP contribution in [0, 0.1) is 0 Å². The number of rotatable bonds is 2. The molecule has 0 amide bonds. The Morgan fingerprint density at radius 1 is 1.47 bits per heavy atom. The Kier molecular flexibility index (Phi) is 3.37. The summed E-state index contributed by atoms with van der Waals surface area (Å²) in [5.41, 5.74) is 0. The molecule has 0 aliphatic carbocycles. The number of anilines is 2. The average molecular weight is 272 g/mol. The highest BCUT2D eigenvalue weighted by atomic mass is 79.9. The summed E-state index contributed by atoms with van der Waals surface area (Å²) in [7, 11) is 1.91. The average Bonchev–Trinajstić information content (AvgIpc) is 2.30. The Morgan fingerprint density at radius 3 is 2.87 bits per heavy atom. The summed E-state index contributed by atoms with van der Waals surface area (Å²) in [5.74, 6) is 1.68. The fourth-order valence-electron chi connectivity index (χ4n) is 1.53. The zero-order valence-electron chi connectivity index (χ0n) is 8.65. The van der Waals surface area contributed by atoms with Gasteiger partial charge in [0.25, 0.3) is 0 Å². The molecule has 5 nitrogen and oxygen atoms in total. The van der Waals surface area contributed by atoms with Crippen molar-refractivity contribution in [3.05, 3.63) is 12.3 Å². The molecule has 0 bridgehead atoms. The SMILES string of the molecule is CN(Br)c1ccnc(N2CCNCC2)n1. The molecule has 1 aliphatic rings. The molecule has 1 aliphatic heterocycles. The summed E-state index contributed by atoms with van der Waals surface area (Å²) >= 11 is 3.35. The minimum atomic E-state index is 0.806. The van der Waals surface area contributed by atoms with Gasteiger partial charge in [-0.2, -0.15) is 4.98 Å². The Bertz CT molecular complexity index is 324. The maximum atomic E-state index is 4.46. The van der Waals surface area contributed by atoms with Gasteiger partial charge in [0.15, 0.2) is 0 Å². The number of hydrogen-bond donors (Lipinski definition) is 1. The summed E-state index contributed by atoms with van der Waals surface area (Å²) in [5, 5.41) is 3.30. The molecule has 6 heteroatoms. The largest absolute Gasteiger partial charge is 0.338 e. The highest BCUT2D eigenvalue weighted by Crippen LogP contribution is 2.15. The first-order valence-electron chi connectivity index (χ1n) is 4.95. The summed E-state index contributed by atoms with van der Waals surface area (Å²) in [6, 6.07) is 1.88. The molecule has 0 atom stereocenters. The molecule has 1 saturated heterocycles. The van der Waals surface area contributed by atoms with Crippen molar-refractivity contribution in [1.29, 1.82) is 0 Å². The molecule has 1 N–H and O–H groups in total. The molecule has 0 saturated carbocycles. The normalized spacial score (nSPS) is 16.5. The predicted octanol–water partition coefficient (Wildman–Crippen LogP) is 0.632. The van der Waals surface area contributed by atoms with E-state index in [9.17, 15) is 0 Å². The van der Waals surface area contributed by atoms with E-state index in [1.54, 1.807) is 10.1 Å². The van der Waals surface area contributed by atoms with E-state index in [0.717, 1.165) is 37.9 Å². The van der Waals surface area contributed by atoms with Gasteiger partial charge in [-0.25, -0.2) is 4.98 Å². The maximum absolute atomic E-state index is 4.46. The van der Waals surface area contributed by atoms with Crippen LogP contribution in [0.25, 0.3) is 0 Å². The van der Waals surface area contributed by atoms with Crippen molar-refractivity contribution in [2.45, 2.75) is 0 Å². The lowest BCUT2D eigenvalue weighted by Gasteiger charge is -2.27. The van der Waals surface area contributed by atoms with Crippen molar-refractivity contribution >= 4 is 27.9 Å². The van der Waals surface area contributed by atoms with Crippen molar-refractivity contribution in [2.24, 2.45) is 0 Å². The van der Waals surface area contributed by atoms with Gasteiger partial charge in [-0.15, -0.1) is 0 Å². The molecular formula is C9H14BrN5. The van der Waals surface area contributed by atoms with Crippen molar-refractivity contribution in [1.82, 2.24) is 15.3 Å². The number of piperazine rings is 1. The zero-order chi connectivity index (χ0) is 10.7. The standard InChI is InChI=1S/C9H14BrN5/c1-14(10)8-2-3-12-9(13-8)15-6-4-11-5-7-15/h2-3,11H,4-7H2,1H3. The Balaban J connectivity index is 2.16. The van der Waals surface area contributed by atoms with Gasteiger partial charge in [-0.3, -0.25) is 3.93 Å². The van der Waals surface area contributed by atoms with Gasteiger partial charge in [-0.05, 0) is 0 Å². The van der Waals surface area contributed by atoms with Crippen molar-refractivity contribution < 1.29 is 0 Å². The highest BCUT2D eigenvalue weighted by molar-refractivity contribution is 9.10. The Hall–Kier alpha value is -0.880. The molecule has 2 heterocycles. The first kappa shape index (κ1) is 10.6. The number of nitrogens with one attached hydrogen (secondary N) is 1. The molecule has 1 aromatic heterocycles. The van der Waals surface area contributed by atoms with Crippen LogP contribution in [0.2, 0.25) is 0 Å².